The fraction of sp³-hybridized carbons (Fsp3) is 0.100. The lowest BCUT2D eigenvalue weighted by molar-refractivity contribution is 0.277. The van der Waals surface area contributed by atoms with E-state index in [0.29, 0.717) is 12.4 Å². The van der Waals surface area contributed by atoms with Gasteiger partial charge in [-0.25, -0.2) is 9.37 Å². The van der Waals surface area contributed by atoms with E-state index in [1.54, 1.807) is 12.3 Å². The molecule has 2 heterocycles. The molecule has 0 spiro atoms. The number of hydrogen-bond donors (Lipinski definition) is 0. The Morgan fingerprint density at radius 3 is 3.20 bits per heavy atom. The lowest BCUT2D eigenvalue weighted by Gasteiger charge is -2.19. The summed E-state index contributed by atoms with van der Waals surface area (Å²) in [5.41, 5.74) is 0.807. The van der Waals surface area contributed by atoms with Crippen molar-refractivity contribution in [2.75, 3.05) is 0 Å². The highest BCUT2D eigenvalue weighted by molar-refractivity contribution is 9.10. The van der Waals surface area contributed by atoms with E-state index >= 15 is 0 Å². The minimum Gasteiger partial charge on any atom is -0.483 e. The summed E-state index contributed by atoms with van der Waals surface area (Å²) in [6, 6.07) is 4.47. The first-order valence-corrected chi connectivity index (χ1v) is 5.20. The van der Waals surface area contributed by atoms with Gasteiger partial charge >= 0.3 is 0 Å². The highest BCUT2D eigenvalue weighted by Gasteiger charge is 2.20. The average Bonchev–Trinajstić information content (AvgIpc) is 2.60. The van der Waals surface area contributed by atoms with Crippen LogP contribution in [0, 0.1) is 5.82 Å². The SMILES string of the molecule is Fc1ccc2c(c1)OCc1ncc(Br)n1-2. The Morgan fingerprint density at radius 2 is 2.33 bits per heavy atom. The number of ether oxygens (including phenoxy) is 1. The van der Waals surface area contributed by atoms with Crippen LogP contribution in [0.1, 0.15) is 5.82 Å². The number of rotatable bonds is 0. The molecule has 0 fully saturated rings. The maximum absolute atomic E-state index is 13.0. The summed E-state index contributed by atoms with van der Waals surface area (Å²) >= 11 is 3.39. The van der Waals surface area contributed by atoms with Crippen LogP contribution in [-0.4, -0.2) is 9.55 Å². The van der Waals surface area contributed by atoms with Crippen molar-refractivity contribution in [2.45, 2.75) is 6.61 Å². The number of hydrogen-bond acceptors (Lipinski definition) is 2. The molecule has 0 aliphatic carbocycles. The fourth-order valence-corrected chi connectivity index (χ4v) is 2.15. The summed E-state index contributed by atoms with van der Waals surface area (Å²) in [7, 11) is 0. The van der Waals surface area contributed by atoms with Gasteiger partial charge in [-0.2, -0.15) is 0 Å². The van der Waals surface area contributed by atoms with Gasteiger partial charge in [0.2, 0.25) is 0 Å². The van der Waals surface area contributed by atoms with Crippen molar-refractivity contribution in [2.24, 2.45) is 0 Å². The third kappa shape index (κ3) is 1.26. The van der Waals surface area contributed by atoms with Gasteiger partial charge < -0.3 is 4.74 Å². The van der Waals surface area contributed by atoms with Crippen LogP contribution in [0.5, 0.6) is 5.75 Å². The molecule has 0 unspecified atom stereocenters. The third-order valence-corrected chi connectivity index (χ3v) is 2.87. The largest absolute Gasteiger partial charge is 0.483 e. The Balaban J connectivity index is 2.29. The summed E-state index contributed by atoms with van der Waals surface area (Å²) in [6.07, 6.45) is 1.71. The van der Waals surface area contributed by atoms with Crippen molar-refractivity contribution in [3.05, 3.63) is 40.6 Å². The second kappa shape index (κ2) is 3.06. The van der Waals surface area contributed by atoms with Gasteiger partial charge in [0.05, 0.1) is 11.9 Å². The van der Waals surface area contributed by atoms with E-state index in [1.807, 2.05) is 4.57 Å². The second-order valence-corrected chi connectivity index (χ2v) is 4.05. The third-order valence-electron chi connectivity index (χ3n) is 2.31. The van der Waals surface area contributed by atoms with Crippen LogP contribution in [0.15, 0.2) is 29.0 Å². The van der Waals surface area contributed by atoms with Crippen molar-refractivity contribution < 1.29 is 9.13 Å². The molecule has 0 atom stereocenters. The van der Waals surface area contributed by atoms with Gasteiger partial charge in [0.25, 0.3) is 0 Å². The molecule has 5 heteroatoms. The van der Waals surface area contributed by atoms with Crippen LogP contribution < -0.4 is 4.74 Å². The van der Waals surface area contributed by atoms with E-state index in [4.69, 9.17) is 4.74 Å². The predicted octanol–water partition coefficient (Wildman–Crippen LogP) is 2.67. The molecular formula is C10H6BrFN2O. The van der Waals surface area contributed by atoms with E-state index in [2.05, 4.69) is 20.9 Å². The number of benzene rings is 1. The van der Waals surface area contributed by atoms with E-state index in [9.17, 15) is 4.39 Å². The smallest absolute Gasteiger partial charge is 0.152 e. The van der Waals surface area contributed by atoms with Gasteiger partial charge in [-0.05, 0) is 28.1 Å². The number of imidazole rings is 1. The highest BCUT2D eigenvalue weighted by atomic mass is 79.9. The van der Waals surface area contributed by atoms with E-state index in [1.165, 1.54) is 12.1 Å². The Kier molecular flexibility index (Phi) is 1.82. The molecular weight excluding hydrogens is 263 g/mol. The minimum absolute atomic E-state index is 0.298. The number of aromatic nitrogens is 2. The van der Waals surface area contributed by atoms with Gasteiger partial charge in [-0.3, -0.25) is 4.57 Å². The first kappa shape index (κ1) is 8.91. The number of fused-ring (bicyclic) bond motifs is 3. The summed E-state index contributed by atoms with van der Waals surface area (Å²) < 4.78 is 21.1. The fourth-order valence-electron chi connectivity index (χ4n) is 1.65. The molecule has 76 valence electrons. The molecule has 0 amide bonds. The van der Waals surface area contributed by atoms with Crippen LogP contribution in [0.3, 0.4) is 0 Å². The maximum atomic E-state index is 13.0. The molecule has 0 saturated heterocycles. The lowest BCUT2D eigenvalue weighted by Crippen LogP contribution is -2.13. The van der Waals surface area contributed by atoms with Crippen LogP contribution in [0.2, 0.25) is 0 Å². The normalized spacial score (nSPS) is 12.9. The number of nitrogens with zero attached hydrogens (tertiary/aromatic N) is 2. The predicted molar refractivity (Wildman–Crippen MR) is 55.6 cm³/mol. The van der Waals surface area contributed by atoms with Crippen molar-refractivity contribution in [3.8, 4) is 11.4 Å². The molecule has 0 radical (unpaired) electrons. The van der Waals surface area contributed by atoms with Crippen molar-refractivity contribution >= 4 is 15.9 Å². The van der Waals surface area contributed by atoms with Crippen molar-refractivity contribution in [1.29, 1.82) is 0 Å². The van der Waals surface area contributed by atoms with E-state index in [-0.39, 0.29) is 5.82 Å². The summed E-state index contributed by atoms with van der Waals surface area (Å²) in [6.45, 7) is 0.363. The molecule has 1 aliphatic heterocycles. The summed E-state index contributed by atoms with van der Waals surface area (Å²) in [5, 5.41) is 0. The lowest BCUT2D eigenvalue weighted by atomic mass is 10.2. The van der Waals surface area contributed by atoms with Gasteiger partial charge in [0, 0.05) is 6.07 Å². The standard InChI is InChI=1S/C10H6BrFN2O/c11-9-4-13-10-5-15-8-3-6(12)1-2-7(8)14(9)10/h1-4H,5H2. The van der Waals surface area contributed by atoms with Crippen molar-refractivity contribution in [3.63, 3.8) is 0 Å². The number of halogens is 2. The summed E-state index contributed by atoms with van der Waals surface area (Å²) in [4.78, 5) is 4.17. The Bertz CT molecular complexity index is 538. The average molecular weight is 269 g/mol. The molecule has 3 nitrogen and oxygen atoms in total. The Labute approximate surface area is 93.6 Å². The Morgan fingerprint density at radius 1 is 1.47 bits per heavy atom. The zero-order valence-corrected chi connectivity index (χ0v) is 9.16. The highest BCUT2D eigenvalue weighted by Crippen LogP contribution is 2.32. The minimum atomic E-state index is -0.298. The van der Waals surface area contributed by atoms with E-state index < -0.39 is 0 Å². The topological polar surface area (TPSA) is 27.1 Å². The van der Waals surface area contributed by atoms with Crippen LogP contribution in [0.4, 0.5) is 4.39 Å². The van der Waals surface area contributed by atoms with Gasteiger partial charge in [-0.15, -0.1) is 0 Å². The molecule has 2 aromatic rings. The molecule has 3 rings (SSSR count). The molecule has 1 aromatic carbocycles. The molecule has 0 saturated carbocycles. The quantitative estimate of drug-likeness (QED) is 0.735. The molecule has 0 N–H and O–H groups in total. The van der Waals surface area contributed by atoms with Crippen LogP contribution in [0.25, 0.3) is 5.69 Å². The zero-order chi connectivity index (χ0) is 10.4. The first-order valence-electron chi connectivity index (χ1n) is 4.40. The van der Waals surface area contributed by atoms with E-state index in [0.717, 1.165) is 16.1 Å². The monoisotopic (exact) mass is 268 g/mol. The van der Waals surface area contributed by atoms with Gasteiger partial charge in [-0.1, -0.05) is 0 Å². The summed E-state index contributed by atoms with van der Waals surface area (Å²) in [5.74, 6) is 1.05. The molecule has 1 aliphatic rings. The van der Waals surface area contributed by atoms with Gasteiger partial charge in [0.15, 0.2) is 5.82 Å². The molecule has 0 bridgehead atoms. The van der Waals surface area contributed by atoms with Crippen molar-refractivity contribution in [1.82, 2.24) is 9.55 Å². The molecule has 1 aromatic heterocycles. The van der Waals surface area contributed by atoms with Crippen LogP contribution >= 0.6 is 15.9 Å². The zero-order valence-electron chi connectivity index (χ0n) is 7.58. The second-order valence-electron chi connectivity index (χ2n) is 3.23. The first-order chi connectivity index (χ1) is 7.25. The Hall–Kier alpha value is -1.36. The van der Waals surface area contributed by atoms with Gasteiger partial charge in [0.1, 0.15) is 22.8 Å². The van der Waals surface area contributed by atoms with Crippen LogP contribution in [-0.2, 0) is 6.61 Å². The maximum Gasteiger partial charge on any atom is 0.152 e. The molecule has 15 heavy (non-hydrogen) atoms.